The zero-order valence-corrected chi connectivity index (χ0v) is 11.8. The fourth-order valence-corrected chi connectivity index (χ4v) is 2.29. The molecule has 0 spiro atoms. The van der Waals surface area contributed by atoms with E-state index in [0.29, 0.717) is 17.7 Å². The second-order valence-electron chi connectivity index (χ2n) is 4.88. The van der Waals surface area contributed by atoms with Crippen LogP contribution in [0.25, 0.3) is 17.1 Å². The monoisotopic (exact) mass is 284 g/mol. The second kappa shape index (κ2) is 5.95. The normalized spacial score (nSPS) is 11.1. The maximum atomic E-state index is 9.35. The molecule has 0 saturated heterocycles. The first-order chi connectivity index (χ1) is 10.8. The van der Waals surface area contributed by atoms with Crippen LogP contribution in [-0.4, -0.2) is 9.55 Å². The van der Waals surface area contributed by atoms with Gasteiger partial charge in [0.15, 0.2) is 0 Å². The minimum Gasteiger partial charge on any atom is -0.325 e. The number of benzene rings is 2. The van der Waals surface area contributed by atoms with Gasteiger partial charge in [0, 0.05) is 5.57 Å². The third-order valence-corrected chi connectivity index (χ3v) is 3.39. The summed E-state index contributed by atoms with van der Waals surface area (Å²) in [5, 5.41) is 18.2. The Labute approximate surface area is 128 Å². The molecule has 0 bridgehead atoms. The van der Waals surface area contributed by atoms with Crippen LogP contribution in [0.3, 0.4) is 0 Å². The molecule has 0 fully saturated rings. The van der Waals surface area contributed by atoms with E-state index in [-0.39, 0.29) is 0 Å². The minimum absolute atomic E-state index is 0.469. The first-order valence-corrected chi connectivity index (χ1v) is 6.81. The van der Waals surface area contributed by atoms with E-state index in [2.05, 4.69) is 17.1 Å². The Morgan fingerprint density at radius 3 is 2.59 bits per heavy atom. The van der Waals surface area contributed by atoms with Gasteiger partial charge in [0.05, 0.1) is 41.6 Å². The number of para-hydroxylation sites is 2. The van der Waals surface area contributed by atoms with Gasteiger partial charge in [-0.1, -0.05) is 24.3 Å². The van der Waals surface area contributed by atoms with Crippen molar-refractivity contribution >= 4 is 17.1 Å². The summed E-state index contributed by atoms with van der Waals surface area (Å²) >= 11 is 0. The van der Waals surface area contributed by atoms with Crippen LogP contribution in [-0.2, 0) is 6.54 Å². The number of imidazole rings is 1. The van der Waals surface area contributed by atoms with Gasteiger partial charge < -0.3 is 4.57 Å². The molecule has 104 valence electrons. The van der Waals surface area contributed by atoms with Gasteiger partial charge in [-0.05, 0) is 35.9 Å². The molecule has 4 nitrogen and oxygen atoms in total. The molecule has 0 aliphatic heterocycles. The van der Waals surface area contributed by atoms with E-state index in [4.69, 9.17) is 5.26 Å². The van der Waals surface area contributed by atoms with Crippen molar-refractivity contribution in [3.05, 3.63) is 71.6 Å². The summed E-state index contributed by atoms with van der Waals surface area (Å²) in [4.78, 5) is 4.33. The number of nitriles is 2. The summed E-state index contributed by atoms with van der Waals surface area (Å²) in [6.45, 7) is 0.469. The van der Waals surface area contributed by atoms with Crippen LogP contribution in [0.1, 0.15) is 11.1 Å². The van der Waals surface area contributed by atoms with Crippen molar-refractivity contribution in [3.8, 4) is 12.1 Å². The molecule has 0 amide bonds. The van der Waals surface area contributed by atoms with E-state index in [1.807, 2.05) is 47.0 Å². The average Bonchev–Trinajstić information content (AvgIpc) is 2.98. The Morgan fingerprint density at radius 2 is 1.86 bits per heavy atom. The quantitative estimate of drug-likeness (QED) is 0.691. The molecule has 0 aliphatic carbocycles. The van der Waals surface area contributed by atoms with Crippen molar-refractivity contribution in [1.82, 2.24) is 9.55 Å². The molecule has 0 unspecified atom stereocenters. The highest BCUT2D eigenvalue weighted by atomic mass is 15.0. The Morgan fingerprint density at radius 1 is 1.09 bits per heavy atom. The molecule has 22 heavy (non-hydrogen) atoms. The lowest BCUT2D eigenvalue weighted by atomic mass is 10.1. The van der Waals surface area contributed by atoms with Gasteiger partial charge in [0.2, 0.25) is 0 Å². The maximum Gasteiger partial charge on any atom is 0.0991 e. The molecule has 3 rings (SSSR count). The highest BCUT2D eigenvalue weighted by molar-refractivity contribution is 5.75. The van der Waals surface area contributed by atoms with Gasteiger partial charge in [-0.3, -0.25) is 0 Å². The van der Waals surface area contributed by atoms with Gasteiger partial charge in [0.1, 0.15) is 0 Å². The van der Waals surface area contributed by atoms with Gasteiger partial charge in [-0.25, -0.2) is 4.98 Å². The molecule has 1 aromatic heterocycles. The van der Waals surface area contributed by atoms with Crippen LogP contribution in [0.2, 0.25) is 0 Å². The smallest absolute Gasteiger partial charge is 0.0991 e. The van der Waals surface area contributed by atoms with Crippen LogP contribution in [0.15, 0.2) is 60.4 Å². The highest BCUT2D eigenvalue weighted by Gasteiger charge is 2.04. The van der Waals surface area contributed by atoms with Crippen LogP contribution in [0, 0.1) is 22.7 Å². The summed E-state index contributed by atoms with van der Waals surface area (Å²) in [5.41, 5.74) is 4.06. The molecule has 2 aromatic carbocycles. The molecule has 0 radical (unpaired) electrons. The summed E-state index contributed by atoms with van der Waals surface area (Å²) in [6, 6.07) is 19.3. The second-order valence-corrected chi connectivity index (χ2v) is 4.88. The molecule has 4 heteroatoms. The summed E-state index contributed by atoms with van der Waals surface area (Å²) < 4.78 is 1.95. The standard InChI is InChI=1S/C18H12N4/c19-10-15-7-5-14(6-8-15)9-16(11-20)12-22-13-21-17-3-1-2-4-18(17)22/h1-9,13H,12H2/b16-9-. The number of hydrogen-bond acceptors (Lipinski definition) is 3. The molecule has 0 aliphatic rings. The van der Waals surface area contributed by atoms with E-state index >= 15 is 0 Å². The molecule has 3 aromatic rings. The number of rotatable bonds is 3. The molecular weight excluding hydrogens is 272 g/mol. The fraction of sp³-hybridized carbons (Fsp3) is 0.0556. The number of allylic oxidation sites excluding steroid dienone is 1. The number of hydrogen-bond donors (Lipinski definition) is 0. The summed E-state index contributed by atoms with van der Waals surface area (Å²) in [6.07, 6.45) is 3.57. The largest absolute Gasteiger partial charge is 0.325 e. The fourth-order valence-electron chi connectivity index (χ4n) is 2.29. The number of nitrogens with zero attached hydrogens (tertiary/aromatic N) is 4. The number of aromatic nitrogens is 2. The van der Waals surface area contributed by atoms with E-state index in [1.165, 1.54) is 0 Å². The van der Waals surface area contributed by atoms with Crippen LogP contribution >= 0.6 is 0 Å². The third-order valence-electron chi connectivity index (χ3n) is 3.39. The molecule has 0 N–H and O–H groups in total. The maximum absolute atomic E-state index is 9.35. The topological polar surface area (TPSA) is 65.4 Å². The van der Waals surface area contributed by atoms with Crippen molar-refractivity contribution < 1.29 is 0 Å². The SMILES string of the molecule is N#C/C(=C/c1ccc(C#N)cc1)Cn1cnc2ccccc21. The van der Waals surface area contributed by atoms with Gasteiger partial charge in [-0.15, -0.1) is 0 Å². The molecule has 1 heterocycles. The van der Waals surface area contributed by atoms with Crippen molar-refractivity contribution in [2.75, 3.05) is 0 Å². The van der Waals surface area contributed by atoms with E-state index < -0.39 is 0 Å². The molecule has 0 atom stereocenters. The highest BCUT2D eigenvalue weighted by Crippen LogP contribution is 2.15. The Kier molecular flexibility index (Phi) is 3.68. The zero-order chi connectivity index (χ0) is 15.4. The van der Waals surface area contributed by atoms with Crippen molar-refractivity contribution in [1.29, 1.82) is 10.5 Å². The van der Waals surface area contributed by atoms with E-state index in [9.17, 15) is 5.26 Å². The van der Waals surface area contributed by atoms with Crippen LogP contribution < -0.4 is 0 Å². The molecular formula is C18H12N4. The van der Waals surface area contributed by atoms with Crippen LogP contribution in [0.5, 0.6) is 0 Å². The predicted octanol–water partition coefficient (Wildman–Crippen LogP) is 3.52. The van der Waals surface area contributed by atoms with Crippen molar-refractivity contribution in [2.45, 2.75) is 6.54 Å². The number of fused-ring (bicyclic) bond motifs is 1. The Balaban J connectivity index is 1.90. The lowest BCUT2D eigenvalue weighted by Crippen LogP contribution is -1.98. The Hall–Kier alpha value is -3.37. The summed E-state index contributed by atoms with van der Waals surface area (Å²) in [5.74, 6) is 0. The lowest BCUT2D eigenvalue weighted by molar-refractivity contribution is 0.830. The van der Waals surface area contributed by atoms with E-state index in [1.54, 1.807) is 18.5 Å². The minimum atomic E-state index is 0.469. The van der Waals surface area contributed by atoms with Crippen molar-refractivity contribution in [3.63, 3.8) is 0 Å². The van der Waals surface area contributed by atoms with Gasteiger partial charge >= 0.3 is 0 Å². The van der Waals surface area contributed by atoms with Gasteiger partial charge in [-0.2, -0.15) is 10.5 Å². The first-order valence-electron chi connectivity index (χ1n) is 6.81. The average molecular weight is 284 g/mol. The van der Waals surface area contributed by atoms with Crippen molar-refractivity contribution in [2.24, 2.45) is 0 Å². The lowest BCUT2D eigenvalue weighted by Gasteiger charge is -2.03. The van der Waals surface area contributed by atoms with Crippen LogP contribution in [0.4, 0.5) is 0 Å². The van der Waals surface area contributed by atoms with Gasteiger partial charge in [0.25, 0.3) is 0 Å². The first kappa shape index (κ1) is 13.6. The Bertz CT molecular complexity index is 918. The van der Waals surface area contributed by atoms with E-state index in [0.717, 1.165) is 16.6 Å². The third kappa shape index (κ3) is 2.72. The zero-order valence-electron chi connectivity index (χ0n) is 11.8. The molecule has 0 saturated carbocycles. The summed E-state index contributed by atoms with van der Waals surface area (Å²) in [7, 11) is 0. The predicted molar refractivity (Wildman–Crippen MR) is 84.5 cm³/mol.